The molecule has 0 fully saturated rings. The predicted molar refractivity (Wildman–Crippen MR) is 69.6 cm³/mol. The van der Waals surface area contributed by atoms with Crippen LogP contribution >= 0.6 is 11.3 Å². The van der Waals surface area contributed by atoms with E-state index in [-0.39, 0.29) is 10.8 Å². The molecule has 7 heteroatoms. The van der Waals surface area contributed by atoms with E-state index in [1.54, 1.807) is 23.0 Å². The third-order valence-corrected chi connectivity index (χ3v) is 3.88. The number of carbonyl (C=O) groups excluding carboxylic acids is 1. The van der Waals surface area contributed by atoms with E-state index in [0.29, 0.717) is 11.4 Å². The number of rotatable bonds is 3. The maximum absolute atomic E-state index is 11.7. The van der Waals surface area contributed by atoms with Crippen molar-refractivity contribution in [2.24, 2.45) is 0 Å². The van der Waals surface area contributed by atoms with Gasteiger partial charge in [0.25, 0.3) is 5.91 Å². The van der Waals surface area contributed by atoms with Crippen molar-refractivity contribution >= 4 is 32.8 Å². The molecule has 2 aromatic rings. The summed E-state index contributed by atoms with van der Waals surface area (Å²) in [7, 11) is -3.28. The first-order valence-electron chi connectivity index (χ1n) is 4.96. The summed E-state index contributed by atoms with van der Waals surface area (Å²) in [5.74, 6) is -0.359. The predicted octanol–water partition coefficient (Wildman–Crippen LogP) is 1.80. The molecule has 0 saturated carbocycles. The van der Waals surface area contributed by atoms with Crippen LogP contribution < -0.4 is 5.32 Å². The van der Waals surface area contributed by atoms with E-state index in [1.807, 2.05) is 0 Å². The van der Waals surface area contributed by atoms with E-state index < -0.39 is 9.84 Å². The third-order valence-electron chi connectivity index (χ3n) is 2.19. The molecule has 2 rings (SSSR count). The number of nitrogens with zero attached hydrogens (tertiary/aromatic N) is 1. The van der Waals surface area contributed by atoms with E-state index in [4.69, 9.17) is 0 Å². The minimum absolute atomic E-state index is 0.165. The van der Waals surface area contributed by atoms with Crippen molar-refractivity contribution in [3.63, 3.8) is 0 Å². The number of nitrogens with one attached hydrogen (secondary N) is 1. The number of amides is 1. The quantitative estimate of drug-likeness (QED) is 0.931. The highest BCUT2D eigenvalue weighted by Crippen LogP contribution is 2.16. The molecule has 0 radical (unpaired) electrons. The summed E-state index contributed by atoms with van der Waals surface area (Å²) in [6, 6.07) is 6.10. The van der Waals surface area contributed by atoms with E-state index in [2.05, 4.69) is 10.3 Å². The van der Waals surface area contributed by atoms with Gasteiger partial charge in [0.05, 0.1) is 10.4 Å². The number of hydrogen-bond acceptors (Lipinski definition) is 5. The minimum atomic E-state index is -3.28. The molecule has 94 valence electrons. The summed E-state index contributed by atoms with van der Waals surface area (Å²) in [6.45, 7) is 0. The van der Waals surface area contributed by atoms with Crippen LogP contribution in [0.25, 0.3) is 0 Å². The molecule has 0 aliphatic heterocycles. The lowest BCUT2D eigenvalue weighted by molar-refractivity contribution is 0.102. The molecule has 1 N–H and O–H groups in total. The van der Waals surface area contributed by atoms with E-state index in [9.17, 15) is 13.2 Å². The van der Waals surface area contributed by atoms with Crippen LogP contribution in [0.2, 0.25) is 0 Å². The first-order chi connectivity index (χ1) is 8.47. The summed E-state index contributed by atoms with van der Waals surface area (Å²) in [5.41, 5.74) is 2.29. The number of carbonyl (C=O) groups is 1. The molecule has 0 unspecified atom stereocenters. The number of hydrogen-bond donors (Lipinski definition) is 1. The Balaban J connectivity index is 2.23. The fraction of sp³-hybridized carbons (Fsp3) is 0.0909. The molecule has 0 spiro atoms. The zero-order valence-corrected chi connectivity index (χ0v) is 11.1. The lowest BCUT2D eigenvalue weighted by Gasteiger charge is -2.05. The van der Waals surface area contributed by atoms with Crippen LogP contribution in [0.1, 0.15) is 10.5 Å². The number of sulfone groups is 1. The molecule has 1 aromatic heterocycles. The highest BCUT2D eigenvalue weighted by molar-refractivity contribution is 7.90. The van der Waals surface area contributed by atoms with Crippen molar-refractivity contribution in [3.05, 3.63) is 40.8 Å². The van der Waals surface area contributed by atoms with Crippen molar-refractivity contribution in [3.8, 4) is 0 Å². The monoisotopic (exact) mass is 282 g/mol. The summed E-state index contributed by atoms with van der Waals surface area (Å²) in [5, 5.41) is 4.22. The zero-order chi connectivity index (χ0) is 13.2. The van der Waals surface area contributed by atoms with Crippen molar-refractivity contribution in [1.82, 2.24) is 4.98 Å². The van der Waals surface area contributed by atoms with Gasteiger partial charge in [-0.05, 0) is 18.2 Å². The van der Waals surface area contributed by atoms with Crippen LogP contribution in [0, 0.1) is 0 Å². The van der Waals surface area contributed by atoms with Crippen LogP contribution in [0.4, 0.5) is 5.69 Å². The first kappa shape index (κ1) is 12.7. The summed E-state index contributed by atoms with van der Waals surface area (Å²) in [6.07, 6.45) is 1.12. The van der Waals surface area contributed by atoms with E-state index >= 15 is 0 Å². The van der Waals surface area contributed by atoms with E-state index in [1.165, 1.54) is 23.5 Å². The molecular weight excluding hydrogens is 272 g/mol. The molecule has 0 bridgehead atoms. The Hall–Kier alpha value is -1.73. The zero-order valence-electron chi connectivity index (χ0n) is 9.45. The van der Waals surface area contributed by atoms with Crippen LogP contribution in [0.15, 0.2) is 40.1 Å². The first-order valence-corrected chi connectivity index (χ1v) is 7.80. The Bertz CT molecular complexity index is 663. The third kappa shape index (κ3) is 2.93. The van der Waals surface area contributed by atoms with Gasteiger partial charge in [0.15, 0.2) is 9.84 Å². The maximum atomic E-state index is 11.7. The SMILES string of the molecule is CS(=O)(=O)c1cccc(NC(=O)c2cscn2)c1. The molecule has 18 heavy (non-hydrogen) atoms. The second-order valence-corrected chi connectivity index (χ2v) is 6.36. The van der Waals surface area contributed by atoms with Crippen molar-refractivity contribution in [2.45, 2.75) is 4.90 Å². The van der Waals surface area contributed by atoms with Crippen molar-refractivity contribution in [2.75, 3.05) is 11.6 Å². The number of thiazole rings is 1. The lowest BCUT2D eigenvalue weighted by Crippen LogP contribution is -2.12. The fourth-order valence-electron chi connectivity index (χ4n) is 1.32. The lowest BCUT2D eigenvalue weighted by atomic mass is 10.3. The maximum Gasteiger partial charge on any atom is 0.275 e. The molecule has 1 aromatic carbocycles. The van der Waals surface area contributed by atoms with Gasteiger partial charge >= 0.3 is 0 Å². The number of benzene rings is 1. The van der Waals surface area contributed by atoms with Crippen molar-refractivity contribution in [1.29, 1.82) is 0 Å². The Kier molecular flexibility index (Phi) is 3.44. The largest absolute Gasteiger partial charge is 0.321 e. The Labute approximate surface area is 108 Å². The molecule has 0 aliphatic carbocycles. The summed E-state index contributed by atoms with van der Waals surface area (Å²) in [4.78, 5) is 15.8. The minimum Gasteiger partial charge on any atom is -0.321 e. The summed E-state index contributed by atoms with van der Waals surface area (Å²) < 4.78 is 22.8. The van der Waals surface area contributed by atoms with Gasteiger partial charge in [0.1, 0.15) is 5.69 Å². The van der Waals surface area contributed by atoms with Gasteiger partial charge in [0, 0.05) is 17.3 Å². The molecule has 1 amide bonds. The molecule has 0 aliphatic rings. The second-order valence-electron chi connectivity index (χ2n) is 3.63. The Morgan fingerprint density at radius 2 is 2.17 bits per heavy atom. The van der Waals surface area contributed by atoms with Crippen LogP contribution in [0.3, 0.4) is 0 Å². The van der Waals surface area contributed by atoms with Gasteiger partial charge in [-0.15, -0.1) is 11.3 Å². The number of aromatic nitrogens is 1. The molecule has 1 heterocycles. The van der Waals surface area contributed by atoms with Crippen LogP contribution in [0.5, 0.6) is 0 Å². The molecule has 5 nitrogen and oxygen atoms in total. The average Bonchev–Trinajstić information content (AvgIpc) is 2.81. The van der Waals surface area contributed by atoms with Gasteiger partial charge < -0.3 is 5.32 Å². The highest BCUT2D eigenvalue weighted by Gasteiger charge is 2.11. The average molecular weight is 282 g/mol. The molecule has 0 saturated heterocycles. The van der Waals surface area contributed by atoms with Crippen LogP contribution in [-0.2, 0) is 9.84 Å². The topological polar surface area (TPSA) is 76.1 Å². The van der Waals surface area contributed by atoms with Gasteiger partial charge in [-0.2, -0.15) is 0 Å². The molecule has 0 atom stereocenters. The number of anilines is 1. The standard InChI is InChI=1S/C11H10N2O3S2/c1-18(15,16)9-4-2-3-8(5-9)13-11(14)10-6-17-7-12-10/h2-7H,1H3,(H,13,14). The van der Waals surface area contributed by atoms with E-state index in [0.717, 1.165) is 6.26 Å². The second kappa shape index (κ2) is 4.87. The summed E-state index contributed by atoms with van der Waals surface area (Å²) >= 11 is 1.32. The normalized spacial score (nSPS) is 11.2. The smallest absolute Gasteiger partial charge is 0.275 e. The van der Waals surface area contributed by atoms with Gasteiger partial charge in [0.2, 0.25) is 0 Å². The Morgan fingerprint density at radius 1 is 1.39 bits per heavy atom. The van der Waals surface area contributed by atoms with Gasteiger partial charge in [-0.3, -0.25) is 4.79 Å². The van der Waals surface area contributed by atoms with Crippen molar-refractivity contribution < 1.29 is 13.2 Å². The fourth-order valence-corrected chi connectivity index (χ4v) is 2.52. The highest BCUT2D eigenvalue weighted by atomic mass is 32.2. The van der Waals surface area contributed by atoms with Gasteiger partial charge in [-0.25, -0.2) is 13.4 Å². The Morgan fingerprint density at radius 3 is 2.78 bits per heavy atom. The van der Waals surface area contributed by atoms with Gasteiger partial charge in [-0.1, -0.05) is 6.07 Å². The van der Waals surface area contributed by atoms with Crippen LogP contribution in [-0.4, -0.2) is 25.6 Å². The molecular formula is C11H10N2O3S2.